The number of hydrogen-bond acceptors (Lipinski definition) is 3. The fraction of sp³-hybridized carbons (Fsp3) is 0.235. The van der Waals surface area contributed by atoms with Crippen LogP contribution in [0.4, 0.5) is 11.4 Å². The van der Waals surface area contributed by atoms with Crippen molar-refractivity contribution in [3.05, 3.63) is 54.1 Å². The minimum Gasteiger partial charge on any atom is -0.491 e. The Labute approximate surface area is 124 Å². The van der Waals surface area contributed by atoms with E-state index < -0.39 is 0 Å². The molecule has 0 aliphatic carbocycles. The first kappa shape index (κ1) is 13.5. The Kier molecular flexibility index (Phi) is 3.77. The van der Waals surface area contributed by atoms with Crippen molar-refractivity contribution >= 4 is 17.3 Å². The predicted molar refractivity (Wildman–Crippen MR) is 83.5 cm³/mol. The second-order valence-corrected chi connectivity index (χ2v) is 5.10. The van der Waals surface area contributed by atoms with E-state index in [0.717, 1.165) is 23.5 Å². The molecule has 0 radical (unpaired) electrons. The zero-order valence-electron chi connectivity index (χ0n) is 11.8. The second kappa shape index (κ2) is 5.87. The summed E-state index contributed by atoms with van der Waals surface area (Å²) in [5.41, 5.74) is 8.47. The zero-order chi connectivity index (χ0) is 14.7. The average Bonchev–Trinajstić information content (AvgIpc) is 2.65. The monoisotopic (exact) mass is 282 g/mol. The quantitative estimate of drug-likeness (QED) is 0.880. The van der Waals surface area contributed by atoms with E-state index in [1.165, 1.54) is 5.56 Å². The van der Waals surface area contributed by atoms with Crippen molar-refractivity contribution in [1.82, 2.24) is 0 Å². The van der Waals surface area contributed by atoms with E-state index in [1.807, 2.05) is 53.4 Å². The highest BCUT2D eigenvalue weighted by Gasteiger charge is 2.22. The van der Waals surface area contributed by atoms with Gasteiger partial charge in [0.05, 0.1) is 18.7 Å². The highest BCUT2D eigenvalue weighted by Crippen LogP contribution is 2.31. The van der Waals surface area contributed by atoms with Crippen LogP contribution in [0.2, 0.25) is 0 Å². The van der Waals surface area contributed by atoms with Gasteiger partial charge in [0.2, 0.25) is 5.91 Å². The number of nitrogens with zero attached hydrogens (tertiary/aromatic N) is 1. The number of carbonyl (C=O) groups excluding carboxylic acids is 1. The molecule has 1 aliphatic heterocycles. The second-order valence-electron chi connectivity index (χ2n) is 5.10. The summed E-state index contributed by atoms with van der Waals surface area (Å²) in [7, 11) is 0. The lowest BCUT2D eigenvalue weighted by molar-refractivity contribution is -0.118. The molecule has 4 heteroatoms. The first-order valence-corrected chi connectivity index (χ1v) is 7.10. The number of anilines is 2. The van der Waals surface area contributed by atoms with Gasteiger partial charge in [-0.05, 0) is 36.2 Å². The van der Waals surface area contributed by atoms with Gasteiger partial charge >= 0.3 is 0 Å². The first-order chi connectivity index (χ1) is 10.2. The molecule has 1 heterocycles. The van der Waals surface area contributed by atoms with Crippen LogP contribution in [0.1, 0.15) is 12.0 Å². The Morgan fingerprint density at radius 3 is 2.67 bits per heavy atom. The molecule has 0 bridgehead atoms. The Morgan fingerprint density at radius 2 is 1.86 bits per heavy atom. The molecule has 3 rings (SSSR count). The standard InChI is InChI=1S/C17H18N2O2/c18-14-7-5-13(6-8-14)9-11-19-15-3-1-2-4-16(15)21-12-10-17(19)20/h1-8H,9-12,18H2. The molecule has 0 fully saturated rings. The molecule has 2 N–H and O–H groups in total. The van der Waals surface area contributed by atoms with Gasteiger partial charge in [-0.15, -0.1) is 0 Å². The van der Waals surface area contributed by atoms with Gasteiger partial charge in [0.1, 0.15) is 5.75 Å². The van der Waals surface area contributed by atoms with Gasteiger partial charge < -0.3 is 15.4 Å². The van der Waals surface area contributed by atoms with E-state index >= 15 is 0 Å². The van der Waals surface area contributed by atoms with Crippen molar-refractivity contribution in [3.63, 3.8) is 0 Å². The SMILES string of the molecule is Nc1ccc(CCN2C(=O)CCOc3ccccc32)cc1. The van der Waals surface area contributed by atoms with Crippen molar-refractivity contribution < 1.29 is 9.53 Å². The Balaban J connectivity index is 1.79. The third-order valence-corrected chi connectivity index (χ3v) is 3.63. The predicted octanol–water partition coefficient (Wildman–Crippen LogP) is 2.63. The molecular formula is C17H18N2O2. The van der Waals surface area contributed by atoms with E-state index in [-0.39, 0.29) is 5.91 Å². The maximum Gasteiger partial charge on any atom is 0.230 e. The average molecular weight is 282 g/mol. The van der Waals surface area contributed by atoms with Gasteiger partial charge in [-0.1, -0.05) is 24.3 Å². The summed E-state index contributed by atoms with van der Waals surface area (Å²) in [5.74, 6) is 0.885. The minimum absolute atomic E-state index is 0.107. The Bertz CT molecular complexity index is 637. The van der Waals surface area contributed by atoms with Crippen LogP contribution in [-0.4, -0.2) is 19.1 Å². The molecule has 2 aromatic carbocycles. The maximum absolute atomic E-state index is 12.3. The number of nitrogen functional groups attached to an aromatic ring is 1. The molecule has 0 spiro atoms. The summed E-state index contributed by atoms with van der Waals surface area (Å²) < 4.78 is 5.64. The third-order valence-electron chi connectivity index (χ3n) is 3.63. The molecule has 1 aliphatic rings. The zero-order valence-corrected chi connectivity index (χ0v) is 11.8. The number of benzene rings is 2. The molecular weight excluding hydrogens is 264 g/mol. The molecule has 0 saturated carbocycles. The van der Waals surface area contributed by atoms with Crippen molar-refractivity contribution in [3.8, 4) is 5.75 Å². The summed E-state index contributed by atoms with van der Waals surface area (Å²) in [4.78, 5) is 14.1. The number of para-hydroxylation sites is 2. The van der Waals surface area contributed by atoms with Crippen LogP contribution in [0.3, 0.4) is 0 Å². The molecule has 0 aromatic heterocycles. The van der Waals surface area contributed by atoms with Crippen LogP contribution in [0, 0.1) is 0 Å². The number of fused-ring (bicyclic) bond motifs is 1. The summed E-state index contributed by atoms with van der Waals surface area (Å²) in [6.07, 6.45) is 1.21. The maximum atomic E-state index is 12.3. The largest absolute Gasteiger partial charge is 0.491 e. The van der Waals surface area contributed by atoms with Gasteiger partial charge in [-0.25, -0.2) is 0 Å². The van der Waals surface area contributed by atoms with Gasteiger partial charge in [0, 0.05) is 12.2 Å². The van der Waals surface area contributed by atoms with Gasteiger partial charge in [-0.3, -0.25) is 4.79 Å². The number of ether oxygens (including phenoxy) is 1. The number of hydrogen-bond donors (Lipinski definition) is 1. The number of nitrogens with two attached hydrogens (primary N) is 1. The van der Waals surface area contributed by atoms with E-state index in [4.69, 9.17) is 10.5 Å². The van der Waals surface area contributed by atoms with Crippen LogP contribution in [0.25, 0.3) is 0 Å². The van der Waals surface area contributed by atoms with Crippen molar-refractivity contribution in [2.45, 2.75) is 12.8 Å². The summed E-state index contributed by atoms with van der Waals surface area (Å²) in [5, 5.41) is 0. The molecule has 0 unspecified atom stereocenters. The normalized spacial score (nSPS) is 14.3. The fourth-order valence-corrected chi connectivity index (χ4v) is 2.49. The van der Waals surface area contributed by atoms with E-state index in [0.29, 0.717) is 19.6 Å². The lowest BCUT2D eigenvalue weighted by Crippen LogP contribution is -2.32. The molecule has 0 atom stereocenters. The smallest absolute Gasteiger partial charge is 0.230 e. The summed E-state index contributed by atoms with van der Waals surface area (Å²) in [6.45, 7) is 1.08. The number of amides is 1. The Hall–Kier alpha value is -2.49. The molecule has 21 heavy (non-hydrogen) atoms. The lowest BCUT2D eigenvalue weighted by Gasteiger charge is -2.21. The minimum atomic E-state index is 0.107. The van der Waals surface area contributed by atoms with E-state index in [9.17, 15) is 4.79 Å². The third kappa shape index (κ3) is 2.99. The molecule has 108 valence electrons. The van der Waals surface area contributed by atoms with Crippen molar-refractivity contribution in [2.24, 2.45) is 0 Å². The van der Waals surface area contributed by atoms with Gasteiger partial charge in [-0.2, -0.15) is 0 Å². The van der Waals surface area contributed by atoms with Crippen LogP contribution in [0.5, 0.6) is 5.75 Å². The molecule has 2 aromatic rings. The van der Waals surface area contributed by atoms with E-state index in [1.54, 1.807) is 0 Å². The lowest BCUT2D eigenvalue weighted by atomic mass is 10.1. The number of carbonyl (C=O) groups is 1. The van der Waals surface area contributed by atoms with Crippen molar-refractivity contribution in [2.75, 3.05) is 23.8 Å². The van der Waals surface area contributed by atoms with E-state index in [2.05, 4.69) is 0 Å². The summed E-state index contributed by atoms with van der Waals surface area (Å²) >= 11 is 0. The topological polar surface area (TPSA) is 55.6 Å². The summed E-state index contributed by atoms with van der Waals surface area (Å²) in [6, 6.07) is 15.5. The Morgan fingerprint density at radius 1 is 1.10 bits per heavy atom. The molecule has 4 nitrogen and oxygen atoms in total. The molecule has 0 saturated heterocycles. The first-order valence-electron chi connectivity index (χ1n) is 7.10. The fourth-order valence-electron chi connectivity index (χ4n) is 2.49. The van der Waals surface area contributed by atoms with Crippen LogP contribution < -0.4 is 15.4 Å². The van der Waals surface area contributed by atoms with Crippen molar-refractivity contribution in [1.29, 1.82) is 0 Å². The van der Waals surface area contributed by atoms with Gasteiger partial charge in [0.25, 0.3) is 0 Å². The number of rotatable bonds is 3. The van der Waals surface area contributed by atoms with Crippen LogP contribution in [0.15, 0.2) is 48.5 Å². The van der Waals surface area contributed by atoms with Crippen LogP contribution >= 0.6 is 0 Å². The molecule has 1 amide bonds. The highest BCUT2D eigenvalue weighted by atomic mass is 16.5. The highest BCUT2D eigenvalue weighted by molar-refractivity contribution is 5.95. The van der Waals surface area contributed by atoms with Gasteiger partial charge in [0.15, 0.2) is 0 Å². The van der Waals surface area contributed by atoms with Crippen LogP contribution in [-0.2, 0) is 11.2 Å².